The molecule has 0 bridgehead atoms. The minimum atomic E-state index is -4.40. The number of carbonyl (C=O) groups excluding carboxylic acids is 2. The molecule has 0 aliphatic heterocycles. The Morgan fingerprint density at radius 3 is 2.19 bits per heavy atom. The van der Waals surface area contributed by atoms with Gasteiger partial charge in [-0.15, -0.1) is 0 Å². The molecule has 4 rings (SSSR count). The fourth-order valence-electron chi connectivity index (χ4n) is 4.97. The first-order valence-corrected chi connectivity index (χ1v) is 17.7. The maximum atomic E-state index is 14.6. The van der Waals surface area contributed by atoms with Crippen LogP contribution in [0.1, 0.15) is 38.3 Å². The van der Waals surface area contributed by atoms with E-state index in [9.17, 15) is 22.4 Å². The van der Waals surface area contributed by atoms with Gasteiger partial charge < -0.3 is 15.0 Å². The Morgan fingerprint density at radius 1 is 0.917 bits per heavy atom. The number of ether oxygens (including phenoxy) is 1. The third-order valence-corrected chi connectivity index (χ3v) is 10.1. The Bertz CT molecular complexity index is 1790. The average Bonchev–Trinajstić information content (AvgIpc) is 3.07. The van der Waals surface area contributed by atoms with Gasteiger partial charge in [-0.25, -0.2) is 12.8 Å². The van der Waals surface area contributed by atoms with Crippen molar-refractivity contribution in [3.05, 3.63) is 124 Å². The largest absolute Gasteiger partial charge is 0.494 e. The monoisotopic (exact) mass is 713 g/mol. The summed E-state index contributed by atoms with van der Waals surface area (Å²) in [6.45, 7) is 5.22. The third kappa shape index (κ3) is 9.49. The van der Waals surface area contributed by atoms with Crippen LogP contribution in [0.4, 0.5) is 10.1 Å². The van der Waals surface area contributed by atoms with E-state index in [-0.39, 0.29) is 34.6 Å². The molecule has 0 unspecified atom stereocenters. The molecule has 0 saturated carbocycles. The van der Waals surface area contributed by atoms with Gasteiger partial charge in [-0.1, -0.05) is 66.5 Å². The van der Waals surface area contributed by atoms with Crippen LogP contribution < -0.4 is 14.4 Å². The standard InChI is InChI=1S/C36H38Cl2FN3O5S/c1-4-25(3)40-36(44)34(21-26-9-7-6-8-10-26)41(23-27-11-12-28(37)22-33(27)38)35(43)24-42(30-15-17-31(18-16-30)47-5-2)48(45,46)32-19-13-29(39)14-20-32/h6-20,22,25,34H,4-5,21,23-24H2,1-3H3,(H,40,44)/t25-,34-/m0/s1. The number of sulfonamides is 1. The summed E-state index contributed by atoms with van der Waals surface area (Å²) in [6.07, 6.45) is 0.802. The summed E-state index contributed by atoms with van der Waals surface area (Å²) in [5.41, 5.74) is 1.48. The van der Waals surface area contributed by atoms with Gasteiger partial charge in [-0.3, -0.25) is 13.9 Å². The Hall–Kier alpha value is -4.12. The highest BCUT2D eigenvalue weighted by Gasteiger charge is 2.35. The molecule has 0 saturated heterocycles. The summed E-state index contributed by atoms with van der Waals surface area (Å²) >= 11 is 12.7. The van der Waals surface area contributed by atoms with E-state index in [1.807, 2.05) is 51.1 Å². The van der Waals surface area contributed by atoms with Crippen LogP contribution in [0, 0.1) is 5.82 Å². The number of carbonyl (C=O) groups is 2. The van der Waals surface area contributed by atoms with Gasteiger partial charge in [0.2, 0.25) is 11.8 Å². The van der Waals surface area contributed by atoms with Gasteiger partial charge in [-0.05, 0) is 92.1 Å². The van der Waals surface area contributed by atoms with Crippen molar-refractivity contribution in [1.29, 1.82) is 0 Å². The van der Waals surface area contributed by atoms with Gasteiger partial charge in [0.15, 0.2) is 0 Å². The molecule has 0 aliphatic carbocycles. The smallest absolute Gasteiger partial charge is 0.264 e. The highest BCUT2D eigenvalue weighted by Crippen LogP contribution is 2.28. The van der Waals surface area contributed by atoms with Crippen molar-refractivity contribution in [2.45, 2.75) is 57.1 Å². The van der Waals surface area contributed by atoms with Crippen molar-refractivity contribution in [3.8, 4) is 5.75 Å². The average molecular weight is 715 g/mol. The molecule has 0 radical (unpaired) electrons. The van der Waals surface area contributed by atoms with Gasteiger partial charge in [0.25, 0.3) is 10.0 Å². The van der Waals surface area contributed by atoms with Crippen molar-refractivity contribution in [1.82, 2.24) is 10.2 Å². The number of amides is 2. The molecule has 12 heteroatoms. The first kappa shape index (κ1) is 36.7. The second kappa shape index (κ2) is 16.8. The van der Waals surface area contributed by atoms with E-state index in [4.69, 9.17) is 27.9 Å². The Kier molecular flexibility index (Phi) is 12.9. The predicted molar refractivity (Wildman–Crippen MR) is 187 cm³/mol. The van der Waals surface area contributed by atoms with Crippen molar-refractivity contribution in [2.75, 3.05) is 17.5 Å². The van der Waals surface area contributed by atoms with E-state index in [0.717, 1.165) is 34.1 Å². The normalized spacial score (nSPS) is 12.5. The van der Waals surface area contributed by atoms with Crippen LogP contribution in [-0.2, 0) is 32.6 Å². The summed E-state index contributed by atoms with van der Waals surface area (Å²) in [7, 11) is -4.40. The molecule has 0 aliphatic rings. The van der Waals surface area contributed by atoms with Crippen molar-refractivity contribution in [2.24, 2.45) is 0 Å². The number of benzene rings is 4. The van der Waals surface area contributed by atoms with E-state index in [0.29, 0.717) is 29.4 Å². The number of anilines is 1. The second-order valence-electron chi connectivity index (χ2n) is 11.2. The molecule has 2 atom stereocenters. The quantitative estimate of drug-likeness (QED) is 0.140. The van der Waals surface area contributed by atoms with Crippen LogP contribution in [0.25, 0.3) is 0 Å². The zero-order chi connectivity index (χ0) is 34.8. The zero-order valence-electron chi connectivity index (χ0n) is 26.9. The van der Waals surface area contributed by atoms with Gasteiger partial charge in [-0.2, -0.15) is 0 Å². The molecule has 0 fully saturated rings. The Labute approximate surface area is 291 Å². The summed E-state index contributed by atoms with van der Waals surface area (Å²) in [5.74, 6) is -1.17. The molecule has 0 spiro atoms. The van der Waals surface area contributed by atoms with Gasteiger partial charge in [0.1, 0.15) is 24.2 Å². The van der Waals surface area contributed by atoms with E-state index >= 15 is 0 Å². The Morgan fingerprint density at radius 2 is 1.58 bits per heavy atom. The van der Waals surface area contributed by atoms with E-state index in [1.165, 1.54) is 23.1 Å². The van der Waals surface area contributed by atoms with E-state index in [2.05, 4.69) is 5.32 Å². The lowest BCUT2D eigenvalue weighted by atomic mass is 10.0. The number of halogens is 3. The summed E-state index contributed by atoms with van der Waals surface area (Å²) < 4.78 is 48.6. The summed E-state index contributed by atoms with van der Waals surface area (Å²) in [6, 6.07) is 23.4. The summed E-state index contributed by atoms with van der Waals surface area (Å²) in [4.78, 5) is 29.7. The lowest BCUT2D eigenvalue weighted by Crippen LogP contribution is -2.54. The topological polar surface area (TPSA) is 96.0 Å². The molecule has 1 N–H and O–H groups in total. The number of rotatable bonds is 15. The molecular formula is C36H38Cl2FN3O5S. The molecule has 0 heterocycles. The first-order chi connectivity index (χ1) is 22.9. The Balaban J connectivity index is 1.83. The molecule has 4 aromatic rings. The van der Waals surface area contributed by atoms with Gasteiger partial charge in [0.05, 0.1) is 17.2 Å². The van der Waals surface area contributed by atoms with Gasteiger partial charge in [0, 0.05) is 29.1 Å². The van der Waals surface area contributed by atoms with Gasteiger partial charge >= 0.3 is 0 Å². The first-order valence-electron chi connectivity index (χ1n) is 15.5. The third-order valence-electron chi connectivity index (χ3n) is 7.74. The number of hydrogen-bond donors (Lipinski definition) is 1. The van der Waals surface area contributed by atoms with Crippen LogP contribution in [-0.4, -0.2) is 50.4 Å². The van der Waals surface area contributed by atoms with Crippen molar-refractivity contribution in [3.63, 3.8) is 0 Å². The zero-order valence-corrected chi connectivity index (χ0v) is 29.2. The van der Waals surface area contributed by atoms with Crippen LogP contribution in [0.3, 0.4) is 0 Å². The lowest BCUT2D eigenvalue weighted by molar-refractivity contribution is -0.140. The SMILES string of the molecule is CCOc1ccc(N(CC(=O)N(Cc2ccc(Cl)cc2Cl)[C@@H](Cc2ccccc2)C(=O)N[C@@H](C)CC)S(=O)(=O)c2ccc(F)cc2)cc1. The van der Waals surface area contributed by atoms with Crippen LogP contribution >= 0.6 is 23.2 Å². The molecular weight excluding hydrogens is 676 g/mol. The second-order valence-corrected chi connectivity index (χ2v) is 13.9. The van der Waals surface area contributed by atoms with Crippen LogP contribution in [0.15, 0.2) is 102 Å². The molecule has 0 aromatic heterocycles. The predicted octanol–water partition coefficient (Wildman–Crippen LogP) is 7.28. The molecule has 4 aromatic carbocycles. The fourth-order valence-corrected chi connectivity index (χ4v) is 6.85. The number of nitrogens with one attached hydrogen (secondary N) is 1. The fraction of sp³-hybridized carbons (Fsp3) is 0.278. The molecule has 48 heavy (non-hydrogen) atoms. The highest BCUT2D eigenvalue weighted by molar-refractivity contribution is 7.92. The maximum absolute atomic E-state index is 14.6. The minimum Gasteiger partial charge on any atom is -0.494 e. The molecule has 2 amide bonds. The van der Waals surface area contributed by atoms with Crippen LogP contribution in [0.5, 0.6) is 5.75 Å². The van der Waals surface area contributed by atoms with Crippen LogP contribution in [0.2, 0.25) is 10.0 Å². The van der Waals surface area contributed by atoms with Crippen molar-refractivity contribution >= 4 is 50.7 Å². The van der Waals surface area contributed by atoms with E-state index in [1.54, 1.807) is 24.3 Å². The number of hydrogen-bond acceptors (Lipinski definition) is 5. The van der Waals surface area contributed by atoms with E-state index < -0.39 is 40.2 Å². The van der Waals surface area contributed by atoms with Crippen molar-refractivity contribution < 1.29 is 27.1 Å². The molecule has 8 nitrogen and oxygen atoms in total. The summed E-state index contributed by atoms with van der Waals surface area (Å²) in [5, 5.41) is 3.66. The molecule has 254 valence electrons. The highest BCUT2D eigenvalue weighted by atomic mass is 35.5. The lowest BCUT2D eigenvalue weighted by Gasteiger charge is -2.34. The maximum Gasteiger partial charge on any atom is 0.264 e. The number of nitrogens with zero attached hydrogens (tertiary/aromatic N) is 2. The minimum absolute atomic E-state index is 0.117.